The van der Waals surface area contributed by atoms with Gasteiger partial charge in [-0.25, -0.2) is 9.00 Å². The van der Waals surface area contributed by atoms with Gasteiger partial charge in [0.1, 0.15) is 32.5 Å². The number of hydrogen-bond donors (Lipinski definition) is 2. The number of likely N-dealkylation sites (tertiary alicyclic amines) is 2. The molecule has 11 rings (SSSR count). The highest BCUT2D eigenvalue weighted by atomic mass is 36.0. The maximum Gasteiger partial charge on any atom is 0.348 e. The first-order valence-electron chi connectivity index (χ1n) is 24.0. The molecule has 0 bridgehead atoms. The second kappa shape index (κ2) is 32.9. The Morgan fingerprint density at radius 2 is 0.877 bits per heavy atom. The summed E-state index contributed by atoms with van der Waals surface area (Å²) < 4.78 is 53.0. The van der Waals surface area contributed by atoms with E-state index in [-0.39, 0.29) is 40.1 Å². The van der Waals surface area contributed by atoms with E-state index in [0.29, 0.717) is 42.0 Å². The molecule has 0 saturated carbocycles. The van der Waals surface area contributed by atoms with Crippen molar-refractivity contribution in [3.8, 4) is 46.0 Å². The molecular formula is C53H70Cl3N3O13S. The topological polar surface area (TPSA) is 181 Å². The van der Waals surface area contributed by atoms with Crippen LogP contribution in [-0.2, 0) is 23.6 Å². The third kappa shape index (κ3) is 20.6. The number of ether oxygens (including phenoxy) is 8. The van der Waals surface area contributed by atoms with Crippen molar-refractivity contribution in [1.82, 2.24) is 15.1 Å². The Kier molecular flexibility index (Phi) is 27.2. The maximum atomic E-state index is 12.3. The number of carboxylic acid groups (broad SMARTS) is 1. The van der Waals surface area contributed by atoms with Gasteiger partial charge in [0, 0.05) is 41.0 Å². The van der Waals surface area contributed by atoms with Crippen LogP contribution in [0.15, 0.2) is 97.1 Å². The van der Waals surface area contributed by atoms with E-state index in [9.17, 15) is 14.4 Å². The summed E-state index contributed by atoms with van der Waals surface area (Å²) in [6.45, 7) is 8.84. The molecule has 7 heterocycles. The fraction of sp³-hybridized carbons (Fsp3) is 0.491. The molecule has 402 valence electrons. The van der Waals surface area contributed by atoms with E-state index in [2.05, 4.69) is 31.6 Å². The van der Waals surface area contributed by atoms with Crippen molar-refractivity contribution in [1.29, 1.82) is 0 Å². The Morgan fingerprint density at radius 1 is 0.521 bits per heavy atom. The molecule has 4 unspecified atom stereocenters. The van der Waals surface area contributed by atoms with Crippen molar-refractivity contribution in [2.24, 2.45) is 0 Å². The van der Waals surface area contributed by atoms with Gasteiger partial charge in [-0.05, 0) is 131 Å². The fourth-order valence-corrected chi connectivity index (χ4v) is 8.22. The summed E-state index contributed by atoms with van der Waals surface area (Å²) in [4.78, 5) is 38.0. The van der Waals surface area contributed by atoms with Crippen molar-refractivity contribution < 1.29 is 61.6 Å². The van der Waals surface area contributed by atoms with Gasteiger partial charge in [0.05, 0.1) is 0 Å². The first-order valence-corrected chi connectivity index (χ1v) is 27.1. The number of amides is 1. The minimum absolute atomic E-state index is 0. The van der Waals surface area contributed by atoms with Crippen LogP contribution in [0, 0.1) is 0 Å². The number of piperidine rings is 3. The predicted octanol–water partition coefficient (Wildman–Crippen LogP) is 9.73. The molecule has 4 aromatic carbocycles. The van der Waals surface area contributed by atoms with Crippen molar-refractivity contribution in [3.63, 3.8) is 0 Å². The zero-order valence-electron chi connectivity index (χ0n) is 39.5. The number of fused-ring (bicyclic) bond motifs is 4. The molecule has 1 amide bonds. The highest BCUT2D eigenvalue weighted by Gasteiger charge is 2.32. The summed E-state index contributed by atoms with van der Waals surface area (Å²) in [6, 6.07) is 29.6. The number of hydrogen-bond acceptors (Lipinski definition) is 14. The van der Waals surface area contributed by atoms with Gasteiger partial charge in [0.15, 0.2) is 46.0 Å². The molecule has 3 saturated heterocycles. The van der Waals surface area contributed by atoms with E-state index in [0.717, 1.165) is 49.7 Å². The Hall–Kier alpha value is -5.17. The summed E-state index contributed by atoms with van der Waals surface area (Å²) in [5.74, 6) is 4.51. The SMILES string of the molecule is C.C.C1CCNCC1.O=C(C1COc2ccccc2O1)N1CCCCC1.O=C(Cl)C1COc2ccccc2O1.O=C(O)C1COc2ccccc2O1.O=S(Cl)Cl.c1ccc2c(c1)OCC(CN1CCCCC1)O2. The van der Waals surface area contributed by atoms with Crippen LogP contribution in [0.25, 0.3) is 0 Å². The molecule has 4 aromatic rings. The van der Waals surface area contributed by atoms with Gasteiger partial charge in [-0.3, -0.25) is 14.5 Å². The van der Waals surface area contributed by atoms with Gasteiger partial charge in [-0.15, -0.1) is 0 Å². The van der Waals surface area contributed by atoms with Gasteiger partial charge < -0.3 is 53.2 Å². The quantitative estimate of drug-likeness (QED) is 0.180. The minimum Gasteiger partial charge on any atom is -0.486 e. The number of carbonyl (C=O) groups excluding carboxylic acids is 2. The Labute approximate surface area is 446 Å². The largest absolute Gasteiger partial charge is 0.486 e. The van der Waals surface area contributed by atoms with E-state index in [1.807, 2.05) is 71.6 Å². The lowest BCUT2D eigenvalue weighted by molar-refractivity contribution is -0.147. The first kappa shape index (κ1) is 60.4. The van der Waals surface area contributed by atoms with Crippen LogP contribution in [0.2, 0.25) is 0 Å². The first-order chi connectivity index (χ1) is 34.5. The summed E-state index contributed by atoms with van der Waals surface area (Å²) >= 11 is 5.28. The summed E-state index contributed by atoms with van der Waals surface area (Å²) in [5.41, 5.74) is 0. The molecule has 73 heavy (non-hydrogen) atoms. The van der Waals surface area contributed by atoms with Gasteiger partial charge >= 0.3 is 5.97 Å². The summed E-state index contributed by atoms with van der Waals surface area (Å²) in [6.07, 6.45) is 9.76. The molecule has 0 spiro atoms. The minimum atomic E-state index is -1.67. The Bertz CT molecular complexity index is 2220. The molecule has 7 aliphatic rings. The lowest BCUT2D eigenvalue weighted by Crippen LogP contribution is -2.48. The molecule has 16 nitrogen and oxygen atoms in total. The molecular weight excluding hydrogens is 1030 g/mol. The summed E-state index contributed by atoms with van der Waals surface area (Å²) in [7, 11) is 7.36. The van der Waals surface area contributed by atoms with Crippen LogP contribution in [0.3, 0.4) is 0 Å². The van der Waals surface area contributed by atoms with Crippen molar-refractivity contribution in [3.05, 3.63) is 97.1 Å². The van der Waals surface area contributed by atoms with Crippen LogP contribution < -0.4 is 43.2 Å². The van der Waals surface area contributed by atoms with E-state index in [1.165, 1.54) is 71.1 Å². The third-order valence-electron chi connectivity index (χ3n) is 11.7. The highest BCUT2D eigenvalue weighted by molar-refractivity contribution is 8.26. The standard InChI is InChI=1S/C14H17NO3.C14H19NO2.C9H7ClO3.C9H8O4.C5H11N.2CH4.Cl2OS/c16-14(15-8-4-1-5-9-15)13-10-17-11-6-2-3-7-12(11)18-13;1-4-8-15(9-5-1)10-12-11-16-13-6-2-3-7-14(13)17-12;2*10-9(11)8-5-12-6-3-1-2-4-7(6)13-8;1-2-4-6-5-3-1;;;1-4(2)3/h2-3,6-7,13H,1,4-5,8-10H2;2-3,6-7,12H,1,4-5,8-11H2;1-4,8H,5H2;1-4,8H,5H2,(H,10,11);6H,1-5H2;2*1H4;. The van der Waals surface area contributed by atoms with Crippen LogP contribution in [0.1, 0.15) is 72.6 Å². The number of halogens is 3. The molecule has 3 fully saturated rings. The fourth-order valence-electron chi connectivity index (χ4n) is 8.12. The van der Waals surface area contributed by atoms with Crippen LogP contribution in [-0.4, -0.2) is 133 Å². The van der Waals surface area contributed by atoms with Gasteiger partial charge in [-0.2, -0.15) is 0 Å². The molecule has 20 heteroatoms. The Balaban J connectivity index is 0.000000198. The zero-order valence-corrected chi connectivity index (χ0v) is 42.6. The molecule has 0 radical (unpaired) electrons. The summed E-state index contributed by atoms with van der Waals surface area (Å²) in [5, 5.41) is 11.4. The molecule has 4 atom stereocenters. The number of nitrogens with one attached hydrogen (secondary N) is 1. The zero-order chi connectivity index (χ0) is 50.2. The van der Waals surface area contributed by atoms with Crippen LogP contribution in [0.4, 0.5) is 0 Å². The van der Waals surface area contributed by atoms with E-state index in [1.54, 1.807) is 30.3 Å². The van der Waals surface area contributed by atoms with Gasteiger partial charge in [-0.1, -0.05) is 76.2 Å². The average Bonchev–Trinajstić information content (AvgIpc) is 3.42. The predicted molar refractivity (Wildman–Crippen MR) is 285 cm³/mol. The molecule has 0 aliphatic carbocycles. The second-order valence-corrected chi connectivity index (χ2v) is 19.9. The van der Waals surface area contributed by atoms with Crippen molar-refractivity contribution in [2.75, 3.05) is 72.2 Å². The number of rotatable bonds is 5. The van der Waals surface area contributed by atoms with E-state index >= 15 is 0 Å². The smallest absolute Gasteiger partial charge is 0.348 e. The number of nitrogens with zero attached hydrogens (tertiary/aromatic N) is 2. The lowest BCUT2D eigenvalue weighted by atomic mass is 10.1. The molecule has 7 aliphatic heterocycles. The monoisotopic (exact) mass is 1090 g/mol. The number of carbonyl (C=O) groups is 3. The van der Waals surface area contributed by atoms with Gasteiger partial charge in [0.25, 0.3) is 11.1 Å². The number of para-hydroxylation sites is 8. The van der Waals surface area contributed by atoms with Gasteiger partial charge in [0.2, 0.25) is 27.5 Å². The van der Waals surface area contributed by atoms with E-state index in [4.69, 9.17) is 58.8 Å². The number of aliphatic carboxylic acids is 1. The number of carboxylic acids is 1. The third-order valence-corrected chi connectivity index (χ3v) is 11.9. The van der Waals surface area contributed by atoms with Crippen molar-refractivity contribution >= 4 is 59.3 Å². The normalized spacial score (nSPS) is 20.7. The van der Waals surface area contributed by atoms with E-state index < -0.39 is 38.8 Å². The molecule has 0 aromatic heterocycles. The average molecular weight is 1100 g/mol. The second-order valence-electron chi connectivity index (χ2n) is 17.0. The maximum absolute atomic E-state index is 12.3. The Morgan fingerprint density at radius 3 is 1.29 bits per heavy atom. The lowest BCUT2D eigenvalue weighted by Gasteiger charge is -2.33. The van der Waals surface area contributed by atoms with Crippen LogP contribution >= 0.6 is 33.0 Å². The highest BCUT2D eigenvalue weighted by Crippen LogP contribution is 2.34. The molecule has 2 N–H and O–H groups in total. The van der Waals surface area contributed by atoms with Crippen LogP contribution in [0.5, 0.6) is 46.0 Å². The van der Waals surface area contributed by atoms with Crippen molar-refractivity contribution in [2.45, 2.75) is 97.1 Å². The number of benzene rings is 4.